The summed E-state index contributed by atoms with van der Waals surface area (Å²) in [5, 5.41) is 31.3. The van der Waals surface area contributed by atoms with Crippen LogP contribution in [-0.4, -0.2) is 110 Å². The normalized spacial score (nSPS) is 14.8. The molecule has 0 radical (unpaired) electrons. The third kappa shape index (κ3) is 19.6. The van der Waals surface area contributed by atoms with E-state index in [9.17, 15) is 29.5 Å². The fraction of sp³-hybridized carbons (Fsp3) is 0.152. The van der Waals surface area contributed by atoms with Gasteiger partial charge in [0.05, 0.1) is 6.61 Å². The van der Waals surface area contributed by atoms with Gasteiger partial charge in [0.25, 0.3) is 5.56 Å². The summed E-state index contributed by atoms with van der Waals surface area (Å²) >= 11 is 21.0. The molecule has 36 N–H and O–H groups in total. The minimum Gasteiger partial charge on any atom is -0.394 e. The molecule has 38 nitrogen and oxygen atoms in total. The number of aliphatic hydroxyl groups is 3. The molecule has 8 rings (SSSR count). The number of nitrogens with zero attached hydrogens (tertiary/aromatic N) is 12. The van der Waals surface area contributed by atoms with E-state index in [0.717, 1.165) is 4.57 Å². The third-order valence-corrected chi connectivity index (χ3v) is 8.88. The predicted molar refractivity (Wildman–Crippen MR) is 283 cm³/mol. The first-order valence-corrected chi connectivity index (χ1v) is 20.9. The molecule has 1 saturated heterocycles. The molecule has 42 heteroatoms. The number of nitrogens with one attached hydrogen (secondary N) is 3. The van der Waals surface area contributed by atoms with Crippen molar-refractivity contribution < 1.29 is 20.1 Å². The van der Waals surface area contributed by atoms with Crippen LogP contribution in [0.1, 0.15) is 6.23 Å². The Kier molecular flexibility index (Phi) is 23.4. The zero-order valence-corrected chi connectivity index (χ0v) is 40.9. The first-order chi connectivity index (χ1) is 35.0. The van der Waals surface area contributed by atoms with Crippen LogP contribution < -0.4 is 103 Å². The van der Waals surface area contributed by atoms with Crippen molar-refractivity contribution in [1.29, 1.82) is 0 Å². The number of nitrogens with two attached hydrogens (primary N) is 15. The summed E-state index contributed by atoms with van der Waals surface area (Å²) in [5.41, 5.74) is 76.7. The molecule has 8 heterocycles. The van der Waals surface area contributed by atoms with Crippen molar-refractivity contribution in [2.24, 2.45) is 5.18 Å². The minimum atomic E-state index is -1.28. The number of anilines is 15. The Hall–Kier alpha value is -9.51. The number of aliphatic hydroxyl groups excluding tert-OH is 3. The summed E-state index contributed by atoms with van der Waals surface area (Å²) in [7, 11) is 0. The van der Waals surface area contributed by atoms with Crippen LogP contribution in [0.5, 0.6) is 0 Å². The van der Waals surface area contributed by atoms with Gasteiger partial charge in [-0.25, -0.2) is 29.5 Å². The Morgan fingerprint density at radius 2 is 1.16 bits per heavy atom. The van der Waals surface area contributed by atoms with Gasteiger partial charge in [-0.1, -0.05) is 35.4 Å². The van der Waals surface area contributed by atoms with Crippen molar-refractivity contribution >= 4 is 140 Å². The second-order valence-corrected chi connectivity index (χ2v) is 15.0. The van der Waals surface area contributed by atoms with Crippen molar-refractivity contribution in [2.75, 3.05) is 92.6 Å². The molecule has 1 aliphatic heterocycles. The highest BCUT2D eigenvalue weighted by Gasteiger charge is 2.43. The molecular weight excluding hydrogens is 1080 g/mol. The number of aromatic nitrogens is 14. The summed E-state index contributed by atoms with van der Waals surface area (Å²) in [4.78, 5) is 84.8. The van der Waals surface area contributed by atoms with Crippen LogP contribution in [0.25, 0.3) is 0 Å². The van der Waals surface area contributed by atoms with Crippen LogP contribution in [0.3, 0.4) is 0 Å². The number of H-pyrrole nitrogens is 3. The Balaban J connectivity index is 0.000000304. The van der Waals surface area contributed by atoms with E-state index in [1.54, 1.807) is 0 Å². The quantitative estimate of drug-likeness (QED) is 0.0348. The summed E-state index contributed by atoms with van der Waals surface area (Å²) in [6.07, 6.45) is -1.84. The van der Waals surface area contributed by atoms with E-state index in [0.29, 0.717) is 11.6 Å². The van der Waals surface area contributed by atoms with Crippen LogP contribution >= 0.6 is 47.0 Å². The fourth-order valence-corrected chi connectivity index (χ4v) is 5.51. The Labute approximate surface area is 437 Å². The second kappa shape index (κ2) is 28.5. The molecule has 4 atom stereocenters. The van der Waals surface area contributed by atoms with Crippen LogP contribution in [-0.2, 0) is 4.74 Å². The summed E-state index contributed by atoms with van der Waals surface area (Å²) in [6, 6.07) is 4.32. The molecule has 75 heavy (non-hydrogen) atoms. The molecule has 1 aliphatic rings. The highest BCUT2D eigenvalue weighted by atomic mass is 35.5. The monoisotopic (exact) mass is 1130 g/mol. The van der Waals surface area contributed by atoms with Crippen LogP contribution in [0.15, 0.2) is 50.3 Å². The van der Waals surface area contributed by atoms with Gasteiger partial charge in [0.1, 0.15) is 74.1 Å². The number of rotatable bonds is 3. The van der Waals surface area contributed by atoms with Crippen molar-refractivity contribution in [3.63, 3.8) is 0 Å². The van der Waals surface area contributed by atoms with Gasteiger partial charge in [0.2, 0.25) is 23.1 Å². The van der Waals surface area contributed by atoms with E-state index in [-0.39, 0.29) is 102 Å². The number of nitrogen functional groups attached to an aromatic ring is 15. The van der Waals surface area contributed by atoms with Crippen LogP contribution in [0.4, 0.5) is 93.0 Å². The van der Waals surface area contributed by atoms with Gasteiger partial charge in [-0.2, -0.15) is 29.9 Å². The van der Waals surface area contributed by atoms with Crippen molar-refractivity contribution in [3.05, 3.63) is 87.2 Å². The summed E-state index contributed by atoms with van der Waals surface area (Å²) < 4.78 is 6.55. The van der Waals surface area contributed by atoms with Crippen molar-refractivity contribution in [3.8, 4) is 0 Å². The fourth-order valence-electron chi connectivity index (χ4n) is 4.67. The molecule has 0 spiro atoms. The van der Waals surface area contributed by atoms with Gasteiger partial charge in [-0.3, -0.25) is 24.3 Å². The highest BCUT2D eigenvalue weighted by Crippen LogP contribution is 2.28. The van der Waals surface area contributed by atoms with Gasteiger partial charge in [-0.05, 0) is 22.8 Å². The topological polar surface area (TPSA) is 722 Å². The number of ether oxygens (including phenoxy) is 1. The van der Waals surface area contributed by atoms with Crippen LogP contribution in [0.2, 0.25) is 15.6 Å². The Bertz CT molecular complexity index is 3080. The standard InChI is InChI=1S/C9H12N2O5S.C4HCl3N2.C4H6N6O.2C4H7N5O.2C4H7N5/c12-3-4-6(13)7(14)8(16-4)11-2-1-5(17)10-9(11)15;5-2-1-3(6)9-4(7)8-2;5-2-1(10-11)3(6)9-4(7)8-2;5-1-2(6)8-4(7)9-3(1)10;5-1-2(6)8-4(10)9-3(1)7;5-2-3(6)8-1-9-4(2)7;5-2-1-3(6)9-4(7)8-2/h1-2,4,6-8,12-14H,3H2,(H,10,15,17);1H;(H6,5,6,7,8,9);2*5H2,(H5,6,7,8,9,10);1H,5H2,(H4,6,7,8,9);1H,(H6,5,6,7,8,9)/t4-,6-,7-,8-;;;;;;/m1....../s1. The first-order valence-electron chi connectivity index (χ1n) is 19.4. The first kappa shape index (κ1) is 61.6. The lowest BCUT2D eigenvalue weighted by Crippen LogP contribution is -2.35. The van der Waals surface area contributed by atoms with Gasteiger partial charge in [0.15, 0.2) is 46.8 Å². The number of hydrogen-bond acceptors (Lipinski definition) is 35. The largest absolute Gasteiger partial charge is 0.394 e. The van der Waals surface area contributed by atoms with Gasteiger partial charge < -0.3 is 106 Å². The molecule has 0 aromatic carbocycles. The summed E-state index contributed by atoms with van der Waals surface area (Å²) in [5.74, 6) is 0.789. The van der Waals surface area contributed by atoms with E-state index in [1.165, 1.54) is 30.7 Å². The van der Waals surface area contributed by atoms with Gasteiger partial charge in [0, 0.05) is 18.3 Å². The van der Waals surface area contributed by atoms with Crippen molar-refractivity contribution in [2.45, 2.75) is 24.5 Å². The van der Waals surface area contributed by atoms with E-state index < -0.39 is 48.1 Å². The molecule has 0 unspecified atom stereocenters. The van der Waals surface area contributed by atoms with E-state index in [2.05, 4.69) is 70.0 Å². The summed E-state index contributed by atoms with van der Waals surface area (Å²) in [6.45, 7) is -0.438. The van der Waals surface area contributed by atoms with E-state index in [1.807, 2.05) is 0 Å². The number of halogens is 3. The Morgan fingerprint density at radius 1 is 0.640 bits per heavy atom. The molecule has 7 aromatic rings. The van der Waals surface area contributed by atoms with E-state index >= 15 is 0 Å². The number of aromatic amines is 3. The molecule has 7 aromatic heterocycles. The van der Waals surface area contributed by atoms with Crippen LogP contribution in [0, 0.1) is 9.55 Å². The minimum absolute atomic E-state index is 0.0308. The van der Waals surface area contributed by atoms with Crippen molar-refractivity contribution in [1.82, 2.24) is 69.4 Å². The highest BCUT2D eigenvalue weighted by molar-refractivity contribution is 7.71. The zero-order valence-electron chi connectivity index (χ0n) is 37.9. The smallest absolute Gasteiger partial charge is 0.348 e. The maximum absolute atomic E-state index is 11.6. The van der Waals surface area contributed by atoms with Gasteiger partial charge >= 0.3 is 11.4 Å². The lowest BCUT2D eigenvalue weighted by molar-refractivity contribution is -0.0550. The lowest BCUT2D eigenvalue weighted by Gasteiger charge is -2.16. The zero-order chi connectivity index (χ0) is 57.0. The average molecular weight is 1130 g/mol. The Morgan fingerprint density at radius 3 is 1.59 bits per heavy atom. The predicted octanol–water partition coefficient (Wildman–Crippen LogP) is -3.95. The maximum Gasteiger partial charge on any atom is 0.348 e. The molecule has 0 bridgehead atoms. The molecule has 404 valence electrons. The third-order valence-electron chi connectivity index (χ3n) is 8.09. The second-order valence-electron chi connectivity index (χ2n) is 13.5. The maximum atomic E-state index is 11.6. The SMILES string of the molecule is Clc1cc(Cl)nc(Cl)n1.Nc1cc(N)nc(N)n1.Nc1nc(=O)[nH]c(N)c1N.Nc1nc(N)c(N)c(=O)[nH]1.Nc1nc(N)c(N=O)c(N)n1.Nc1ncnc(N)c1N.O=c1[nH]c(=S)ccn1[C@@H]1O[C@H](CO)[C@@H](O)[C@H]1O. The number of hydrogen-bond donors (Lipinski definition) is 21. The average Bonchev–Trinajstić information content (AvgIpc) is 3.58. The molecule has 0 amide bonds. The van der Waals surface area contributed by atoms with E-state index in [4.69, 9.17) is 143 Å². The molecule has 1 fully saturated rings. The van der Waals surface area contributed by atoms with Gasteiger partial charge in [-0.15, -0.1) is 4.91 Å². The molecule has 0 aliphatic carbocycles. The molecule has 0 saturated carbocycles. The number of nitroso groups, excluding NO2 is 1. The molecular formula is C33H47Cl3N30O8S. The lowest BCUT2D eigenvalue weighted by atomic mass is 10.1.